The summed E-state index contributed by atoms with van der Waals surface area (Å²) in [6.45, 7) is 2.68. The molecule has 2 saturated heterocycles. The first kappa shape index (κ1) is 15.3. The average molecular weight is 310 g/mol. The molecule has 0 aliphatic carbocycles. The first-order valence-electron chi connectivity index (χ1n) is 7.78. The molecule has 1 N–H and O–H groups in total. The maximum Gasteiger partial charge on any atom is 0.123 e. The number of hydrogen-bond acceptors (Lipinski definition) is 3. The summed E-state index contributed by atoms with van der Waals surface area (Å²) in [5.74, 6) is 2.01. The smallest absolute Gasteiger partial charge is 0.123 e. The van der Waals surface area contributed by atoms with Gasteiger partial charge in [-0.25, -0.2) is 4.39 Å². The molecule has 2 aliphatic heterocycles. The van der Waals surface area contributed by atoms with E-state index in [9.17, 15) is 9.50 Å². The second-order valence-corrected chi connectivity index (χ2v) is 7.42. The summed E-state index contributed by atoms with van der Waals surface area (Å²) in [6.07, 6.45) is 3.38. The Morgan fingerprint density at radius 3 is 3.05 bits per heavy atom. The van der Waals surface area contributed by atoms with Gasteiger partial charge >= 0.3 is 0 Å². The van der Waals surface area contributed by atoms with Gasteiger partial charge in [0.05, 0.1) is 11.2 Å². The lowest BCUT2D eigenvalue weighted by molar-refractivity contribution is -0.136. The molecule has 2 fully saturated rings. The van der Waals surface area contributed by atoms with E-state index >= 15 is 0 Å². The predicted octanol–water partition coefficient (Wildman–Crippen LogP) is 3.73. The molecule has 2 aliphatic rings. The molecule has 1 spiro atoms. The van der Waals surface area contributed by atoms with E-state index in [0.29, 0.717) is 18.6 Å². The van der Waals surface area contributed by atoms with Crippen molar-refractivity contribution < 1.29 is 14.2 Å². The zero-order chi connectivity index (χ0) is 14.9. The van der Waals surface area contributed by atoms with Crippen LogP contribution in [0.3, 0.4) is 0 Å². The monoisotopic (exact) mass is 310 g/mol. The van der Waals surface area contributed by atoms with Gasteiger partial charge in [-0.2, -0.15) is 11.8 Å². The third-order valence-corrected chi connectivity index (χ3v) is 6.32. The van der Waals surface area contributed by atoms with Crippen LogP contribution in [0.25, 0.3) is 0 Å². The molecule has 116 valence electrons. The first-order valence-corrected chi connectivity index (χ1v) is 8.94. The van der Waals surface area contributed by atoms with Gasteiger partial charge in [0.2, 0.25) is 0 Å². The van der Waals surface area contributed by atoms with Gasteiger partial charge in [0.25, 0.3) is 0 Å². The number of halogens is 1. The Morgan fingerprint density at radius 1 is 1.52 bits per heavy atom. The van der Waals surface area contributed by atoms with E-state index in [1.54, 1.807) is 6.07 Å². The third kappa shape index (κ3) is 2.86. The molecule has 0 saturated carbocycles. The number of hydrogen-bond donors (Lipinski definition) is 1. The summed E-state index contributed by atoms with van der Waals surface area (Å²) in [4.78, 5) is 0. The minimum absolute atomic E-state index is 0.0654. The Balaban J connectivity index is 1.88. The van der Waals surface area contributed by atoms with Crippen LogP contribution in [0, 0.1) is 11.7 Å². The fourth-order valence-corrected chi connectivity index (χ4v) is 5.16. The SMILES string of the molecule is CCC(O)(c1cccc(F)c1)C1CCOC2(CCSC2)C1. The van der Waals surface area contributed by atoms with Crippen LogP contribution < -0.4 is 0 Å². The molecule has 3 atom stereocenters. The van der Waals surface area contributed by atoms with Crippen LogP contribution >= 0.6 is 11.8 Å². The van der Waals surface area contributed by atoms with E-state index in [0.717, 1.165) is 30.8 Å². The Kier molecular flexibility index (Phi) is 4.30. The average Bonchev–Trinajstić information content (AvgIpc) is 2.94. The quantitative estimate of drug-likeness (QED) is 0.922. The van der Waals surface area contributed by atoms with Gasteiger partial charge in [-0.3, -0.25) is 0 Å². The van der Waals surface area contributed by atoms with Crippen molar-refractivity contribution in [2.45, 2.75) is 43.8 Å². The third-order valence-electron chi connectivity index (χ3n) is 5.10. The van der Waals surface area contributed by atoms with Crippen LogP contribution in [0.5, 0.6) is 0 Å². The molecular weight excluding hydrogens is 287 g/mol. The Morgan fingerprint density at radius 2 is 2.38 bits per heavy atom. The van der Waals surface area contributed by atoms with Crippen LogP contribution in [0.1, 0.15) is 38.2 Å². The standard InChI is InChI=1S/C17H23FO2S/c1-2-17(19,13-4-3-5-15(18)10-13)14-6-8-20-16(11-14)7-9-21-12-16/h3-5,10,14,19H,2,6-9,11-12H2,1H3. The van der Waals surface area contributed by atoms with Crippen molar-refractivity contribution >= 4 is 11.8 Å². The summed E-state index contributed by atoms with van der Waals surface area (Å²) >= 11 is 1.93. The summed E-state index contributed by atoms with van der Waals surface area (Å²) in [6, 6.07) is 6.44. The normalized spacial score (nSPS) is 32.2. The van der Waals surface area contributed by atoms with Crippen molar-refractivity contribution in [1.82, 2.24) is 0 Å². The number of ether oxygens (including phenoxy) is 1. The fraction of sp³-hybridized carbons (Fsp3) is 0.647. The maximum absolute atomic E-state index is 13.6. The topological polar surface area (TPSA) is 29.5 Å². The minimum atomic E-state index is -0.952. The molecular formula is C17H23FO2S. The van der Waals surface area contributed by atoms with E-state index in [2.05, 4.69) is 0 Å². The number of aliphatic hydroxyl groups is 1. The second-order valence-electron chi connectivity index (χ2n) is 6.31. The van der Waals surface area contributed by atoms with Crippen molar-refractivity contribution in [3.63, 3.8) is 0 Å². The molecule has 0 bridgehead atoms. The molecule has 1 aromatic carbocycles. The van der Waals surface area contributed by atoms with Crippen LogP contribution in [-0.4, -0.2) is 28.8 Å². The highest BCUT2D eigenvalue weighted by Gasteiger charge is 2.47. The zero-order valence-corrected chi connectivity index (χ0v) is 13.3. The van der Waals surface area contributed by atoms with Crippen molar-refractivity contribution in [3.05, 3.63) is 35.6 Å². The maximum atomic E-state index is 13.6. The lowest BCUT2D eigenvalue weighted by atomic mass is 9.71. The fourth-order valence-electron chi connectivity index (χ4n) is 3.78. The van der Waals surface area contributed by atoms with E-state index in [-0.39, 0.29) is 17.3 Å². The Hall–Kier alpha value is -0.580. The summed E-state index contributed by atoms with van der Waals surface area (Å²) in [5, 5.41) is 11.3. The number of thioether (sulfide) groups is 1. The highest BCUT2D eigenvalue weighted by Crippen LogP contribution is 2.47. The molecule has 2 heterocycles. The molecule has 0 radical (unpaired) electrons. The van der Waals surface area contributed by atoms with Gasteiger partial charge in [-0.05, 0) is 55.1 Å². The Labute approximate surface area is 130 Å². The van der Waals surface area contributed by atoms with Crippen LogP contribution in [0.4, 0.5) is 4.39 Å². The summed E-state index contributed by atoms with van der Waals surface area (Å²) < 4.78 is 19.6. The molecule has 1 aromatic rings. The molecule has 3 unspecified atom stereocenters. The molecule has 0 aromatic heterocycles. The zero-order valence-electron chi connectivity index (χ0n) is 12.5. The van der Waals surface area contributed by atoms with Gasteiger partial charge in [-0.1, -0.05) is 19.1 Å². The van der Waals surface area contributed by atoms with Crippen LogP contribution in [-0.2, 0) is 10.3 Å². The van der Waals surface area contributed by atoms with Crippen molar-refractivity contribution in [2.75, 3.05) is 18.1 Å². The van der Waals surface area contributed by atoms with Crippen molar-refractivity contribution in [2.24, 2.45) is 5.92 Å². The molecule has 3 rings (SSSR count). The van der Waals surface area contributed by atoms with Gasteiger partial charge in [0.15, 0.2) is 0 Å². The second kappa shape index (κ2) is 5.90. The van der Waals surface area contributed by atoms with Crippen molar-refractivity contribution in [3.8, 4) is 0 Å². The van der Waals surface area contributed by atoms with Gasteiger partial charge in [0.1, 0.15) is 5.82 Å². The van der Waals surface area contributed by atoms with E-state index < -0.39 is 5.60 Å². The van der Waals surface area contributed by atoms with Crippen molar-refractivity contribution in [1.29, 1.82) is 0 Å². The highest BCUT2D eigenvalue weighted by molar-refractivity contribution is 7.99. The van der Waals surface area contributed by atoms with Gasteiger partial charge in [0, 0.05) is 12.4 Å². The lowest BCUT2D eigenvalue weighted by Gasteiger charge is -2.45. The van der Waals surface area contributed by atoms with E-state index in [1.165, 1.54) is 12.1 Å². The van der Waals surface area contributed by atoms with Gasteiger partial charge < -0.3 is 9.84 Å². The van der Waals surface area contributed by atoms with E-state index in [1.807, 2.05) is 24.8 Å². The predicted molar refractivity (Wildman–Crippen MR) is 83.9 cm³/mol. The van der Waals surface area contributed by atoms with E-state index in [4.69, 9.17) is 4.74 Å². The summed E-state index contributed by atoms with van der Waals surface area (Å²) in [7, 11) is 0. The van der Waals surface area contributed by atoms with Crippen LogP contribution in [0.2, 0.25) is 0 Å². The largest absolute Gasteiger partial charge is 0.385 e. The molecule has 21 heavy (non-hydrogen) atoms. The summed E-state index contributed by atoms with van der Waals surface area (Å²) in [5.41, 5.74) is -0.311. The van der Waals surface area contributed by atoms with Crippen LogP contribution in [0.15, 0.2) is 24.3 Å². The molecule has 0 amide bonds. The molecule has 4 heteroatoms. The lowest BCUT2D eigenvalue weighted by Crippen LogP contribution is -2.47. The molecule has 2 nitrogen and oxygen atoms in total. The number of benzene rings is 1. The number of rotatable bonds is 3. The Bertz CT molecular complexity index is 501. The highest BCUT2D eigenvalue weighted by atomic mass is 32.2. The minimum Gasteiger partial charge on any atom is -0.385 e. The van der Waals surface area contributed by atoms with Gasteiger partial charge in [-0.15, -0.1) is 0 Å². The first-order chi connectivity index (χ1) is 10.1.